The summed E-state index contributed by atoms with van der Waals surface area (Å²) in [4.78, 5) is 0. The fourth-order valence-corrected chi connectivity index (χ4v) is 1.93. The Morgan fingerprint density at radius 3 is 2.71 bits per heavy atom. The first-order valence-electron chi connectivity index (χ1n) is 6.33. The molecule has 3 atom stereocenters. The van der Waals surface area contributed by atoms with E-state index in [2.05, 4.69) is 6.92 Å². The first-order chi connectivity index (χ1) is 8.14. The molecule has 0 amide bonds. The van der Waals surface area contributed by atoms with E-state index in [1.807, 2.05) is 0 Å². The lowest BCUT2D eigenvalue weighted by Crippen LogP contribution is -2.57. The SMILES string of the molecule is CCCCCOC[C@@]1(CO)OC[C@@H](O)CC1O. The van der Waals surface area contributed by atoms with Crippen LogP contribution in [0, 0.1) is 0 Å². The molecule has 0 bridgehead atoms. The van der Waals surface area contributed by atoms with Gasteiger partial charge >= 0.3 is 0 Å². The van der Waals surface area contributed by atoms with Gasteiger partial charge in [0.15, 0.2) is 0 Å². The van der Waals surface area contributed by atoms with Crippen molar-refractivity contribution >= 4 is 0 Å². The maximum Gasteiger partial charge on any atom is 0.140 e. The molecule has 17 heavy (non-hydrogen) atoms. The summed E-state index contributed by atoms with van der Waals surface area (Å²) in [5.41, 5.74) is -1.06. The van der Waals surface area contributed by atoms with Crippen molar-refractivity contribution in [3.63, 3.8) is 0 Å². The van der Waals surface area contributed by atoms with Gasteiger partial charge in [-0.05, 0) is 6.42 Å². The minimum absolute atomic E-state index is 0.135. The van der Waals surface area contributed by atoms with Crippen molar-refractivity contribution in [3.05, 3.63) is 0 Å². The Morgan fingerprint density at radius 2 is 2.12 bits per heavy atom. The summed E-state index contributed by atoms with van der Waals surface area (Å²) in [6, 6.07) is 0. The molecule has 3 N–H and O–H groups in total. The van der Waals surface area contributed by atoms with Crippen molar-refractivity contribution in [1.82, 2.24) is 0 Å². The van der Waals surface area contributed by atoms with Crippen LogP contribution in [0.1, 0.15) is 32.6 Å². The maximum atomic E-state index is 9.87. The highest BCUT2D eigenvalue weighted by Crippen LogP contribution is 2.26. The third-order valence-electron chi connectivity index (χ3n) is 3.17. The first-order valence-corrected chi connectivity index (χ1v) is 6.33. The van der Waals surface area contributed by atoms with E-state index in [-0.39, 0.29) is 26.2 Å². The quantitative estimate of drug-likeness (QED) is 0.556. The van der Waals surface area contributed by atoms with Crippen LogP contribution in [0.2, 0.25) is 0 Å². The van der Waals surface area contributed by atoms with Crippen LogP contribution in [0.15, 0.2) is 0 Å². The average Bonchev–Trinajstić information content (AvgIpc) is 2.32. The molecule has 102 valence electrons. The lowest BCUT2D eigenvalue weighted by molar-refractivity contribution is -0.224. The molecule has 0 radical (unpaired) electrons. The van der Waals surface area contributed by atoms with E-state index in [0.29, 0.717) is 6.61 Å². The number of unbranched alkanes of at least 4 members (excludes halogenated alkanes) is 2. The van der Waals surface area contributed by atoms with E-state index in [0.717, 1.165) is 19.3 Å². The van der Waals surface area contributed by atoms with Crippen molar-refractivity contribution in [2.24, 2.45) is 0 Å². The van der Waals surface area contributed by atoms with Gasteiger partial charge in [0, 0.05) is 13.0 Å². The normalized spacial score (nSPS) is 33.9. The molecule has 0 aliphatic carbocycles. The van der Waals surface area contributed by atoms with Crippen LogP contribution < -0.4 is 0 Å². The Morgan fingerprint density at radius 1 is 1.35 bits per heavy atom. The topological polar surface area (TPSA) is 79.2 Å². The first kappa shape index (κ1) is 14.9. The Hall–Kier alpha value is -0.200. The van der Waals surface area contributed by atoms with Crippen molar-refractivity contribution in [3.8, 4) is 0 Å². The predicted molar refractivity (Wildman–Crippen MR) is 62.7 cm³/mol. The molecule has 0 aromatic rings. The molecule has 1 rings (SSSR count). The Kier molecular flexibility index (Phi) is 6.37. The molecule has 5 nitrogen and oxygen atoms in total. The number of ether oxygens (including phenoxy) is 2. The Bertz CT molecular complexity index is 211. The lowest BCUT2D eigenvalue weighted by Gasteiger charge is -2.41. The van der Waals surface area contributed by atoms with Gasteiger partial charge in [0.25, 0.3) is 0 Å². The molecule has 1 aliphatic heterocycles. The van der Waals surface area contributed by atoms with Crippen molar-refractivity contribution < 1.29 is 24.8 Å². The van der Waals surface area contributed by atoms with Gasteiger partial charge in [-0.2, -0.15) is 0 Å². The molecule has 1 aliphatic rings. The molecule has 0 aromatic heterocycles. The summed E-state index contributed by atoms with van der Waals surface area (Å²) in [6.45, 7) is 2.73. The Labute approximate surface area is 102 Å². The molecule has 0 saturated carbocycles. The molecule has 1 unspecified atom stereocenters. The van der Waals surface area contributed by atoms with Crippen LogP contribution >= 0.6 is 0 Å². The number of rotatable bonds is 7. The third-order valence-corrected chi connectivity index (χ3v) is 3.17. The summed E-state index contributed by atoms with van der Waals surface area (Å²) < 4.78 is 10.8. The summed E-state index contributed by atoms with van der Waals surface area (Å²) in [6.07, 6.45) is 1.87. The zero-order valence-electron chi connectivity index (χ0n) is 10.5. The highest BCUT2D eigenvalue weighted by atomic mass is 16.6. The maximum absolute atomic E-state index is 9.87. The van der Waals surface area contributed by atoms with Gasteiger partial charge in [-0.15, -0.1) is 0 Å². The van der Waals surface area contributed by atoms with E-state index < -0.39 is 17.8 Å². The second kappa shape index (κ2) is 7.28. The molecule has 5 heteroatoms. The van der Waals surface area contributed by atoms with E-state index in [9.17, 15) is 15.3 Å². The lowest BCUT2D eigenvalue weighted by atomic mass is 9.91. The van der Waals surface area contributed by atoms with Gasteiger partial charge in [0.1, 0.15) is 5.60 Å². The van der Waals surface area contributed by atoms with E-state index in [4.69, 9.17) is 9.47 Å². The minimum atomic E-state index is -1.06. The predicted octanol–water partition coefficient (Wildman–Crippen LogP) is 0.0664. The fourth-order valence-electron chi connectivity index (χ4n) is 1.93. The summed E-state index contributed by atoms with van der Waals surface area (Å²) in [7, 11) is 0. The van der Waals surface area contributed by atoms with Crippen LogP contribution in [0.5, 0.6) is 0 Å². The standard InChI is InChI=1S/C12H24O5/c1-2-3-4-5-16-9-12(8-13)11(15)6-10(14)7-17-12/h10-11,13-15H,2-9H2,1H3/t10-,11?,12+/m0/s1. The smallest absolute Gasteiger partial charge is 0.140 e. The zero-order chi connectivity index (χ0) is 12.7. The third kappa shape index (κ3) is 4.19. The van der Waals surface area contributed by atoms with E-state index in [1.54, 1.807) is 0 Å². The number of hydrogen-bond donors (Lipinski definition) is 3. The highest BCUT2D eigenvalue weighted by Gasteiger charge is 2.43. The van der Waals surface area contributed by atoms with Gasteiger partial charge < -0.3 is 24.8 Å². The van der Waals surface area contributed by atoms with E-state index in [1.165, 1.54) is 0 Å². The molecular weight excluding hydrogens is 224 g/mol. The zero-order valence-corrected chi connectivity index (χ0v) is 10.5. The van der Waals surface area contributed by atoms with Gasteiger partial charge in [0.2, 0.25) is 0 Å². The molecule has 1 heterocycles. The highest BCUT2D eigenvalue weighted by molar-refractivity contribution is 4.93. The van der Waals surface area contributed by atoms with Crippen molar-refractivity contribution in [2.45, 2.75) is 50.4 Å². The fraction of sp³-hybridized carbons (Fsp3) is 1.00. The second-order valence-corrected chi connectivity index (χ2v) is 4.70. The monoisotopic (exact) mass is 248 g/mol. The largest absolute Gasteiger partial charge is 0.393 e. The van der Waals surface area contributed by atoms with Crippen LogP contribution in [0.25, 0.3) is 0 Å². The Balaban J connectivity index is 2.35. The minimum Gasteiger partial charge on any atom is -0.393 e. The molecule has 1 saturated heterocycles. The second-order valence-electron chi connectivity index (χ2n) is 4.70. The molecule has 1 fully saturated rings. The molecule has 0 spiro atoms. The molecular formula is C12H24O5. The average molecular weight is 248 g/mol. The van der Waals surface area contributed by atoms with Crippen LogP contribution in [0.4, 0.5) is 0 Å². The van der Waals surface area contributed by atoms with E-state index >= 15 is 0 Å². The van der Waals surface area contributed by atoms with Gasteiger partial charge in [-0.25, -0.2) is 0 Å². The van der Waals surface area contributed by atoms with Gasteiger partial charge in [0.05, 0.1) is 32.0 Å². The van der Waals surface area contributed by atoms with Gasteiger partial charge in [-0.1, -0.05) is 19.8 Å². The van der Waals surface area contributed by atoms with Crippen molar-refractivity contribution in [1.29, 1.82) is 0 Å². The number of hydrogen-bond acceptors (Lipinski definition) is 5. The van der Waals surface area contributed by atoms with Crippen LogP contribution in [0.3, 0.4) is 0 Å². The van der Waals surface area contributed by atoms with Crippen molar-refractivity contribution in [2.75, 3.05) is 26.4 Å². The van der Waals surface area contributed by atoms with Gasteiger partial charge in [-0.3, -0.25) is 0 Å². The summed E-state index contributed by atoms with van der Waals surface area (Å²) >= 11 is 0. The number of aliphatic hydroxyl groups excluding tert-OH is 3. The summed E-state index contributed by atoms with van der Waals surface area (Å²) in [5, 5.41) is 28.6. The van der Waals surface area contributed by atoms with Crippen LogP contribution in [-0.2, 0) is 9.47 Å². The number of aliphatic hydroxyl groups is 3. The molecule has 0 aromatic carbocycles. The van der Waals surface area contributed by atoms with Crippen LogP contribution in [-0.4, -0.2) is 59.6 Å². The summed E-state index contributed by atoms with van der Waals surface area (Å²) in [5.74, 6) is 0.